The highest BCUT2D eigenvalue weighted by Crippen LogP contribution is 2.32. The lowest BCUT2D eigenvalue weighted by molar-refractivity contribution is -0.143. The van der Waals surface area contributed by atoms with E-state index in [-0.39, 0.29) is 23.2 Å². The monoisotopic (exact) mass is 482 g/mol. The molecule has 0 radical (unpaired) electrons. The smallest absolute Gasteiger partial charge is 0.306 e. The molecule has 184 valence electrons. The number of rotatable bonds is 8. The van der Waals surface area contributed by atoms with Gasteiger partial charge in [0.05, 0.1) is 17.7 Å². The summed E-state index contributed by atoms with van der Waals surface area (Å²) in [5.41, 5.74) is 3.02. The van der Waals surface area contributed by atoms with Crippen LogP contribution in [0.2, 0.25) is 0 Å². The number of nitrogens with zero attached hydrogens (tertiary/aromatic N) is 3. The molecule has 7 nitrogen and oxygen atoms in total. The third-order valence-electron chi connectivity index (χ3n) is 6.47. The predicted molar refractivity (Wildman–Crippen MR) is 127 cm³/mol. The number of halogens is 2. The fourth-order valence-corrected chi connectivity index (χ4v) is 4.49. The Morgan fingerprint density at radius 2 is 1.86 bits per heavy atom. The van der Waals surface area contributed by atoms with E-state index in [0.717, 1.165) is 16.8 Å². The maximum absolute atomic E-state index is 13.0. The molecule has 9 heteroatoms. The molecule has 1 atom stereocenters. The molecular formula is C26H28F2N4O3. The molecule has 0 aliphatic heterocycles. The van der Waals surface area contributed by atoms with Crippen LogP contribution >= 0.6 is 0 Å². The first-order chi connectivity index (χ1) is 16.8. The van der Waals surface area contributed by atoms with Gasteiger partial charge in [-0.15, -0.1) is 0 Å². The Balaban J connectivity index is 1.42. The average molecular weight is 483 g/mol. The Morgan fingerprint density at radius 1 is 1.09 bits per heavy atom. The van der Waals surface area contributed by atoms with Crippen LogP contribution in [-0.4, -0.2) is 37.2 Å². The number of hydrogen-bond donors (Lipinski definition) is 3. The lowest BCUT2D eigenvalue weighted by Gasteiger charge is -2.29. The summed E-state index contributed by atoms with van der Waals surface area (Å²) in [4.78, 5) is 24.3. The minimum atomic E-state index is -2.58. The fraction of sp³-hybridized carbons (Fsp3) is 0.385. The van der Waals surface area contributed by atoms with Crippen molar-refractivity contribution in [2.75, 3.05) is 5.32 Å². The number of aliphatic hydroxyl groups is 1. The molecule has 3 N–H and O–H groups in total. The Kier molecular flexibility index (Phi) is 7.65. The van der Waals surface area contributed by atoms with E-state index in [0.29, 0.717) is 43.6 Å². The van der Waals surface area contributed by atoms with E-state index in [1.165, 1.54) is 18.3 Å². The normalized spacial score (nSPS) is 18.9. The molecule has 0 spiro atoms. The summed E-state index contributed by atoms with van der Waals surface area (Å²) in [7, 11) is 0. The van der Waals surface area contributed by atoms with Crippen LogP contribution < -0.4 is 5.32 Å². The van der Waals surface area contributed by atoms with Crippen molar-refractivity contribution in [3.63, 3.8) is 0 Å². The number of anilines is 2. The van der Waals surface area contributed by atoms with Crippen LogP contribution in [-0.2, 0) is 11.2 Å². The summed E-state index contributed by atoms with van der Waals surface area (Å²) in [5.74, 6) is -0.212. The lowest BCUT2D eigenvalue weighted by atomic mass is 9.78. The van der Waals surface area contributed by atoms with Gasteiger partial charge in [0, 0.05) is 35.6 Å². The van der Waals surface area contributed by atoms with Crippen molar-refractivity contribution in [3.05, 3.63) is 65.6 Å². The highest BCUT2D eigenvalue weighted by molar-refractivity contribution is 5.70. The number of nitrogens with one attached hydrogen (secondary N) is 1. The van der Waals surface area contributed by atoms with Crippen molar-refractivity contribution in [3.8, 4) is 11.3 Å². The maximum Gasteiger partial charge on any atom is 0.306 e. The summed E-state index contributed by atoms with van der Waals surface area (Å²) < 4.78 is 26.0. The second-order valence-corrected chi connectivity index (χ2v) is 9.07. The topological polar surface area (TPSA) is 108 Å². The summed E-state index contributed by atoms with van der Waals surface area (Å²) in [6.07, 6.45) is 2.89. The van der Waals surface area contributed by atoms with Gasteiger partial charge in [0.1, 0.15) is 11.6 Å². The molecule has 1 aliphatic carbocycles. The van der Waals surface area contributed by atoms with Gasteiger partial charge in [0.2, 0.25) is 0 Å². The minimum absolute atomic E-state index is 0.0799. The molecule has 1 fully saturated rings. The van der Waals surface area contributed by atoms with E-state index < -0.39 is 18.5 Å². The highest BCUT2D eigenvalue weighted by atomic mass is 19.3. The molecule has 4 rings (SSSR count). The number of aryl methyl sites for hydroxylation is 1. The van der Waals surface area contributed by atoms with Gasteiger partial charge in [-0.05, 0) is 80.5 Å². The standard InChI is InChI=1S/C26H28F2N4O3/c1-15-10-21(31-24(11-15)32-23-12-18(25(27)28)8-9-29-23)19-6-7-20(30-14-19)13-22(33)16-2-4-17(5-3-16)26(34)35/h6-12,14,16-17,22,25,33H,2-5,13H2,1H3,(H,34,35)(H,29,31,32)/t16-,17-,22-/m1/s1. The van der Waals surface area contributed by atoms with E-state index in [1.54, 1.807) is 12.3 Å². The van der Waals surface area contributed by atoms with Crippen LogP contribution in [0.15, 0.2) is 48.8 Å². The number of alkyl halides is 2. The van der Waals surface area contributed by atoms with E-state index in [9.17, 15) is 18.7 Å². The number of pyridine rings is 3. The van der Waals surface area contributed by atoms with Crippen molar-refractivity contribution in [1.82, 2.24) is 15.0 Å². The average Bonchev–Trinajstić information content (AvgIpc) is 2.84. The number of carboxylic acid groups (broad SMARTS) is 1. The molecule has 0 aromatic carbocycles. The number of carboxylic acids is 1. The van der Waals surface area contributed by atoms with Crippen molar-refractivity contribution in [2.45, 2.75) is 51.6 Å². The van der Waals surface area contributed by atoms with Gasteiger partial charge in [0.25, 0.3) is 6.43 Å². The van der Waals surface area contributed by atoms with Crippen LogP contribution in [0, 0.1) is 18.8 Å². The third kappa shape index (κ3) is 6.36. The van der Waals surface area contributed by atoms with E-state index in [2.05, 4.69) is 20.3 Å². The minimum Gasteiger partial charge on any atom is -0.481 e. The number of carbonyl (C=O) groups is 1. The Morgan fingerprint density at radius 3 is 2.51 bits per heavy atom. The van der Waals surface area contributed by atoms with Gasteiger partial charge in [-0.3, -0.25) is 9.78 Å². The molecule has 0 amide bonds. The van der Waals surface area contributed by atoms with Crippen molar-refractivity contribution in [2.24, 2.45) is 11.8 Å². The zero-order chi connectivity index (χ0) is 24.9. The second-order valence-electron chi connectivity index (χ2n) is 9.07. The number of aromatic nitrogens is 3. The Bertz CT molecular complexity index is 1170. The lowest BCUT2D eigenvalue weighted by Crippen LogP contribution is -2.30. The van der Waals surface area contributed by atoms with E-state index >= 15 is 0 Å². The Labute approximate surface area is 202 Å². The Hall–Kier alpha value is -3.46. The van der Waals surface area contributed by atoms with Crippen molar-refractivity contribution >= 4 is 17.6 Å². The van der Waals surface area contributed by atoms with Crippen molar-refractivity contribution in [1.29, 1.82) is 0 Å². The first-order valence-electron chi connectivity index (χ1n) is 11.6. The third-order valence-corrected chi connectivity index (χ3v) is 6.47. The van der Waals surface area contributed by atoms with Gasteiger partial charge in [-0.25, -0.2) is 18.7 Å². The molecular weight excluding hydrogens is 454 g/mol. The highest BCUT2D eigenvalue weighted by Gasteiger charge is 2.30. The van der Waals surface area contributed by atoms with Gasteiger partial charge < -0.3 is 15.5 Å². The maximum atomic E-state index is 13.0. The second kappa shape index (κ2) is 10.9. The van der Waals surface area contributed by atoms with Crippen LogP contribution in [0.3, 0.4) is 0 Å². The summed E-state index contributed by atoms with van der Waals surface area (Å²) in [5, 5.41) is 22.8. The van der Waals surface area contributed by atoms with Crippen LogP contribution in [0.5, 0.6) is 0 Å². The molecule has 1 aliphatic rings. The molecule has 3 heterocycles. The molecule has 0 bridgehead atoms. The van der Waals surface area contributed by atoms with Crippen molar-refractivity contribution < 1.29 is 23.8 Å². The number of hydrogen-bond acceptors (Lipinski definition) is 6. The molecule has 3 aromatic heterocycles. The molecule has 0 unspecified atom stereocenters. The molecule has 1 saturated carbocycles. The molecule has 0 saturated heterocycles. The number of aliphatic carboxylic acids is 1. The summed E-state index contributed by atoms with van der Waals surface area (Å²) in [6, 6.07) is 10.0. The van der Waals surface area contributed by atoms with Crippen LogP contribution in [0.4, 0.5) is 20.4 Å². The van der Waals surface area contributed by atoms with Gasteiger partial charge in [-0.1, -0.05) is 0 Å². The predicted octanol–water partition coefficient (Wildman–Crippen LogP) is 5.32. The molecule has 35 heavy (non-hydrogen) atoms. The van der Waals surface area contributed by atoms with Gasteiger partial charge in [-0.2, -0.15) is 0 Å². The first kappa shape index (κ1) is 24.7. The zero-order valence-electron chi connectivity index (χ0n) is 19.4. The largest absolute Gasteiger partial charge is 0.481 e. The fourth-order valence-electron chi connectivity index (χ4n) is 4.49. The summed E-state index contributed by atoms with van der Waals surface area (Å²) >= 11 is 0. The SMILES string of the molecule is Cc1cc(Nc2cc(C(F)F)ccn2)nc(-c2ccc(C[C@@H](O)[C@H]3CC[C@H](C(=O)O)CC3)nc2)c1. The van der Waals surface area contributed by atoms with Gasteiger partial charge >= 0.3 is 5.97 Å². The van der Waals surface area contributed by atoms with Crippen LogP contribution in [0.25, 0.3) is 11.3 Å². The summed E-state index contributed by atoms with van der Waals surface area (Å²) in [6.45, 7) is 1.91. The molecule has 3 aromatic rings. The zero-order valence-corrected chi connectivity index (χ0v) is 19.4. The number of aliphatic hydroxyl groups excluding tert-OH is 1. The van der Waals surface area contributed by atoms with E-state index in [1.807, 2.05) is 25.1 Å². The first-order valence-corrected chi connectivity index (χ1v) is 11.6. The quantitative estimate of drug-likeness (QED) is 0.399. The van der Waals surface area contributed by atoms with E-state index in [4.69, 9.17) is 5.11 Å². The van der Waals surface area contributed by atoms with Gasteiger partial charge in [0.15, 0.2) is 0 Å². The van der Waals surface area contributed by atoms with Crippen LogP contribution in [0.1, 0.15) is 48.9 Å².